The van der Waals surface area contributed by atoms with Crippen LogP contribution in [-0.2, 0) is 11.2 Å². The van der Waals surface area contributed by atoms with Crippen LogP contribution >= 0.6 is 11.3 Å². The van der Waals surface area contributed by atoms with Crippen LogP contribution in [0.15, 0.2) is 59.2 Å². The summed E-state index contributed by atoms with van der Waals surface area (Å²) in [7, 11) is 0. The second kappa shape index (κ2) is 6.39. The first-order chi connectivity index (χ1) is 10.3. The zero-order valence-corrected chi connectivity index (χ0v) is 13.2. The van der Waals surface area contributed by atoms with E-state index in [9.17, 15) is 4.55 Å². The SMILES string of the molecule is CC[S+]([O-])c1nc(-c2cccnc2)c(-c2ccccc2)s1. The molecule has 2 aromatic heterocycles. The third-order valence-corrected chi connectivity index (χ3v) is 5.75. The number of pyridine rings is 1. The summed E-state index contributed by atoms with van der Waals surface area (Å²) in [6.07, 6.45) is 3.53. The molecule has 2 heterocycles. The average Bonchev–Trinajstić information content (AvgIpc) is 3.01. The molecule has 0 fully saturated rings. The molecule has 21 heavy (non-hydrogen) atoms. The largest absolute Gasteiger partial charge is 0.610 e. The van der Waals surface area contributed by atoms with E-state index in [1.54, 1.807) is 12.4 Å². The van der Waals surface area contributed by atoms with Crippen molar-refractivity contribution in [1.29, 1.82) is 0 Å². The van der Waals surface area contributed by atoms with Gasteiger partial charge in [-0.2, -0.15) is 4.98 Å². The van der Waals surface area contributed by atoms with E-state index in [-0.39, 0.29) is 0 Å². The first-order valence-electron chi connectivity index (χ1n) is 6.64. The summed E-state index contributed by atoms with van der Waals surface area (Å²) < 4.78 is 12.8. The number of thiazole rings is 1. The van der Waals surface area contributed by atoms with Crippen molar-refractivity contribution in [3.8, 4) is 21.7 Å². The summed E-state index contributed by atoms with van der Waals surface area (Å²) in [6, 6.07) is 13.9. The smallest absolute Gasteiger partial charge is 0.302 e. The molecule has 1 unspecified atom stereocenters. The number of aromatic nitrogens is 2. The molecule has 0 aliphatic carbocycles. The van der Waals surface area contributed by atoms with E-state index in [4.69, 9.17) is 0 Å². The average molecular weight is 314 g/mol. The van der Waals surface area contributed by atoms with Crippen molar-refractivity contribution in [3.63, 3.8) is 0 Å². The molecule has 3 nitrogen and oxygen atoms in total. The molecule has 0 saturated carbocycles. The third-order valence-electron chi connectivity index (χ3n) is 3.04. The lowest BCUT2D eigenvalue weighted by Crippen LogP contribution is -2.02. The van der Waals surface area contributed by atoms with E-state index in [0.29, 0.717) is 10.1 Å². The van der Waals surface area contributed by atoms with E-state index in [1.807, 2.05) is 49.4 Å². The minimum Gasteiger partial charge on any atom is -0.610 e. The molecule has 0 aliphatic rings. The normalized spacial score (nSPS) is 12.3. The van der Waals surface area contributed by atoms with Crippen LogP contribution in [0.3, 0.4) is 0 Å². The topological polar surface area (TPSA) is 48.8 Å². The van der Waals surface area contributed by atoms with Crippen LogP contribution in [0.4, 0.5) is 0 Å². The summed E-state index contributed by atoms with van der Waals surface area (Å²) in [5, 5.41) is 0. The predicted octanol–water partition coefficient (Wildman–Crippen LogP) is 4.00. The van der Waals surface area contributed by atoms with Crippen LogP contribution in [0, 0.1) is 0 Å². The Labute approximate surface area is 130 Å². The Kier molecular flexibility index (Phi) is 4.34. The van der Waals surface area contributed by atoms with E-state index < -0.39 is 11.2 Å². The lowest BCUT2D eigenvalue weighted by Gasteiger charge is -2.01. The Balaban J connectivity index is 2.15. The van der Waals surface area contributed by atoms with E-state index in [0.717, 1.165) is 21.7 Å². The molecule has 3 aromatic rings. The van der Waals surface area contributed by atoms with Gasteiger partial charge in [0.05, 0.1) is 10.6 Å². The van der Waals surface area contributed by atoms with Crippen molar-refractivity contribution in [1.82, 2.24) is 9.97 Å². The fourth-order valence-corrected chi connectivity index (χ4v) is 4.25. The molecule has 3 rings (SSSR count). The van der Waals surface area contributed by atoms with Crippen molar-refractivity contribution in [2.75, 3.05) is 5.75 Å². The Hall–Kier alpha value is -1.69. The highest BCUT2D eigenvalue weighted by Crippen LogP contribution is 2.38. The maximum Gasteiger partial charge on any atom is 0.302 e. The fourth-order valence-electron chi connectivity index (χ4n) is 2.01. The molecular formula is C16H14N2OS2. The molecule has 0 amide bonds. The van der Waals surface area contributed by atoms with Gasteiger partial charge in [0.25, 0.3) is 0 Å². The molecule has 0 aliphatic heterocycles. The summed E-state index contributed by atoms with van der Waals surface area (Å²) >= 11 is 0.461. The second-order valence-corrected chi connectivity index (χ2v) is 7.31. The van der Waals surface area contributed by atoms with Crippen LogP contribution in [0.5, 0.6) is 0 Å². The van der Waals surface area contributed by atoms with Crippen LogP contribution in [0.1, 0.15) is 6.92 Å². The predicted molar refractivity (Wildman–Crippen MR) is 87.7 cm³/mol. The van der Waals surface area contributed by atoms with Crippen molar-refractivity contribution < 1.29 is 4.55 Å². The summed E-state index contributed by atoms with van der Waals surface area (Å²) in [4.78, 5) is 9.81. The maximum atomic E-state index is 12.1. The highest BCUT2D eigenvalue weighted by Gasteiger charge is 2.21. The van der Waals surface area contributed by atoms with Crippen molar-refractivity contribution in [2.24, 2.45) is 0 Å². The Morgan fingerprint density at radius 2 is 1.86 bits per heavy atom. The van der Waals surface area contributed by atoms with E-state index >= 15 is 0 Å². The molecule has 0 radical (unpaired) electrons. The molecule has 106 valence electrons. The minimum atomic E-state index is -1.04. The zero-order valence-electron chi connectivity index (χ0n) is 11.5. The van der Waals surface area contributed by atoms with Gasteiger partial charge >= 0.3 is 4.34 Å². The third kappa shape index (κ3) is 3.00. The van der Waals surface area contributed by atoms with Gasteiger partial charge in [-0.25, -0.2) is 0 Å². The first kappa shape index (κ1) is 14.3. The Morgan fingerprint density at radius 1 is 1.10 bits per heavy atom. The van der Waals surface area contributed by atoms with Crippen LogP contribution in [0.2, 0.25) is 0 Å². The molecule has 0 bridgehead atoms. The van der Waals surface area contributed by atoms with Gasteiger partial charge in [-0.05, 0) is 24.6 Å². The van der Waals surface area contributed by atoms with E-state index in [1.165, 1.54) is 11.3 Å². The first-order valence-corrected chi connectivity index (χ1v) is 8.78. The number of hydrogen-bond donors (Lipinski definition) is 0. The van der Waals surface area contributed by atoms with Crippen molar-refractivity contribution in [3.05, 3.63) is 54.9 Å². The van der Waals surface area contributed by atoms with Gasteiger partial charge in [-0.15, -0.1) is 0 Å². The molecular weight excluding hydrogens is 300 g/mol. The Morgan fingerprint density at radius 3 is 2.52 bits per heavy atom. The molecule has 1 atom stereocenters. The highest BCUT2D eigenvalue weighted by molar-refractivity contribution is 7.93. The van der Waals surface area contributed by atoms with Crippen LogP contribution in [-0.4, -0.2) is 20.3 Å². The van der Waals surface area contributed by atoms with Gasteiger partial charge < -0.3 is 4.55 Å². The van der Waals surface area contributed by atoms with Crippen molar-refractivity contribution >= 4 is 22.5 Å². The number of rotatable bonds is 4. The standard InChI is InChI=1S/C16H14N2OS2/c1-2-21(19)16-18-14(13-9-6-10-17-11-13)15(20-16)12-7-4-3-5-8-12/h3-11H,2H2,1H3. The molecule has 0 spiro atoms. The molecule has 1 aromatic carbocycles. The summed E-state index contributed by atoms with van der Waals surface area (Å²) in [6.45, 7) is 1.91. The maximum absolute atomic E-state index is 12.1. The quantitative estimate of drug-likeness (QED) is 0.684. The van der Waals surface area contributed by atoms with Crippen molar-refractivity contribution in [2.45, 2.75) is 11.3 Å². The lowest BCUT2D eigenvalue weighted by atomic mass is 10.1. The lowest BCUT2D eigenvalue weighted by molar-refractivity contribution is 0.595. The fraction of sp³-hybridized carbons (Fsp3) is 0.125. The molecule has 0 N–H and O–H groups in total. The van der Waals surface area contributed by atoms with Crippen LogP contribution < -0.4 is 0 Å². The second-order valence-electron chi connectivity index (χ2n) is 4.40. The highest BCUT2D eigenvalue weighted by atomic mass is 32.2. The van der Waals surface area contributed by atoms with Gasteiger partial charge in [0, 0.05) is 29.1 Å². The van der Waals surface area contributed by atoms with Gasteiger partial charge in [0.2, 0.25) is 0 Å². The van der Waals surface area contributed by atoms with Gasteiger partial charge in [0.1, 0.15) is 5.75 Å². The molecule has 0 saturated heterocycles. The monoisotopic (exact) mass is 314 g/mol. The summed E-state index contributed by atoms with van der Waals surface area (Å²) in [5.74, 6) is 0.578. The zero-order chi connectivity index (χ0) is 14.7. The number of hydrogen-bond acceptors (Lipinski definition) is 4. The van der Waals surface area contributed by atoms with Crippen LogP contribution in [0.25, 0.3) is 21.7 Å². The minimum absolute atomic E-state index is 0.578. The van der Waals surface area contributed by atoms with Gasteiger partial charge in [0.15, 0.2) is 0 Å². The number of nitrogens with zero attached hydrogens (tertiary/aromatic N) is 2. The number of benzene rings is 1. The van der Waals surface area contributed by atoms with Gasteiger partial charge in [-0.3, -0.25) is 4.98 Å². The van der Waals surface area contributed by atoms with Gasteiger partial charge in [-0.1, -0.05) is 41.7 Å². The molecule has 5 heteroatoms. The Bertz CT molecular complexity index is 657. The van der Waals surface area contributed by atoms with E-state index in [2.05, 4.69) is 9.97 Å². The summed E-state index contributed by atoms with van der Waals surface area (Å²) in [5.41, 5.74) is 2.90.